The third kappa shape index (κ3) is 6.37. The molecule has 4 rings (SSSR count). The van der Waals surface area contributed by atoms with Gasteiger partial charge in [0.1, 0.15) is 0 Å². The maximum absolute atomic E-state index is 5.62. The highest BCUT2D eigenvalue weighted by Gasteiger charge is 2.20. The van der Waals surface area contributed by atoms with Crippen molar-refractivity contribution in [1.29, 1.82) is 0 Å². The molecule has 0 unspecified atom stereocenters. The van der Waals surface area contributed by atoms with Crippen molar-refractivity contribution in [1.82, 2.24) is 9.80 Å². The highest BCUT2D eigenvalue weighted by molar-refractivity contribution is 5.61. The first-order chi connectivity index (χ1) is 15.2. The monoisotopic (exact) mass is 422 g/mol. The SMILES string of the molecule is CN1/C=C(/C2CCN(C)CC2)C/C=C\C(Nc2cccc(N3CCCOCC3)c2)=C/C1. The van der Waals surface area contributed by atoms with Crippen LogP contribution in [0.1, 0.15) is 25.7 Å². The molecule has 0 atom stereocenters. The van der Waals surface area contributed by atoms with Gasteiger partial charge in [0.25, 0.3) is 0 Å². The maximum Gasteiger partial charge on any atom is 0.0641 e. The second-order valence-corrected chi connectivity index (χ2v) is 9.12. The van der Waals surface area contributed by atoms with Gasteiger partial charge in [0.05, 0.1) is 6.61 Å². The lowest BCUT2D eigenvalue weighted by Crippen LogP contribution is -2.31. The van der Waals surface area contributed by atoms with E-state index >= 15 is 0 Å². The Morgan fingerprint density at radius 1 is 1.03 bits per heavy atom. The second-order valence-electron chi connectivity index (χ2n) is 9.12. The van der Waals surface area contributed by atoms with Gasteiger partial charge >= 0.3 is 0 Å². The van der Waals surface area contributed by atoms with Gasteiger partial charge in [-0.05, 0) is 93.9 Å². The molecule has 1 N–H and O–H groups in total. The van der Waals surface area contributed by atoms with E-state index in [1.807, 2.05) is 0 Å². The van der Waals surface area contributed by atoms with Crippen LogP contribution in [0.2, 0.25) is 0 Å². The van der Waals surface area contributed by atoms with Crippen LogP contribution in [0, 0.1) is 5.92 Å². The van der Waals surface area contributed by atoms with Crippen molar-refractivity contribution in [3.63, 3.8) is 0 Å². The van der Waals surface area contributed by atoms with Crippen LogP contribution in [0.3, 0.4) is 0 Å². The van der Waals surface area contributed by atoms with Gasteiger partial charge in [0, 0.05) is 50.4 Å². The number of piperidine rings is 1. The highest BCUT2D eigenvalue weighted by atomic mass is 16.5. The van der Waals surface area contributed by atoms with Crippen LogP contribution in [0.4, 0.5) is 11.4 Å². The molecular formula is C26H38N4O. The standard InChI is InChI=1S/C26H38N4O/c1-28-14-10-22(11-15-28)23-6-3-7-24(12-16-29(2)21-23)27-25-8-4-9-26(20-25)30-13-5-18-31-19-17-30/h3-4,7-9,12,20-22,27H,5-6,10-11,13-19H2,1-2H3/b7-3-,23-21+,24-12+. The molecule has 5 heteroatoms. The normalized spacial score (nSPS) is 26.5. The molecule has 3 aliphatic heterocycles. The van der Waals surface area contributed by atoms with Crippen LogP contribution in [0.5, 0.6) is 0 Å². The van der Waals surface area contributed by atoms with Gasteiger partial charge < -0.3 is 24.8 Å². The summed E-state index contributed by atoms with van der Waals surface area (Å²) in [4.78, 5) is 7.20. The first-order valence-corrected chi connectivity index (χ1v) is 11.8. The molecule has 31 heavy (non-hydrogen) atoms. The summed E-state index contributed by atoms with van der Waals surface area (Å²) >= 11 is 0. The number of nitrogens with one attached hydrogen (secondary N) is 1. The van der Waals surface area contributed by atoms with Crippen LogP contribution in [-0.2, 0) is 4.74 Å². The quantitative estimate of drug-likeness (QED) is 0.781. The van der Waals surface area contributed by atoms with Gasteiger partial charge in [0.2, 0.25) is 0 Å². The number of hydrogen-bond acceptors (Lipinski definition) is 5. The highest BCUT2D eigenvalue weighted by Crippen LogP contribution is 2.28. The topological polar surface area (TPSA) is 31.0 Å². The number of anilines is 2. The lowest BCUT2D eigenvalue weighted by Gasteiger charge is -2.31. The van der Waals surface area contributed by atoms with Gasteiger partial charge in [0.15, 0.2) is 0 Å². The summed E-state index contributed by atoms with van der Waals surface area (Å²) in [6, 6.07) is 8.77. The van der Waals surface area contributed by atoms with E-state index in [9.17, 15) is 0 Å². The molecule has 0 radical (unpaired) electrons. The van der Waals surface area contributed by atoms with Crippen molar-refractivity contribution in [2.24, 2.45) is 5.92 Å². The fourth-order valence-corrected chi connectivity index (χ4v) is 4.72. The average molecular weight is 423 g/mol. The zero-order valence-corrected chi connectivity index (χ0v) is 19.2. The largest absolute Gasteiger partial charge is 0.380 e. The van der Waals surface area contributed by atoms with E-state index in [0.717, 1.165) is 51.4 Å². The van der Waals surface area contributed by atoms with Crippen molar-refractivity contribution in [2.75, 3.05) is 70.2 Å². The third-order valence-corrected chi connectivity index (χ3v) is 6.60. The summed E-state index contributed by atoms with van der Waals surface area (Å²) in [7, 11) is 4.42. The number of likely N-dealkylation sites (tertiary alicyclic amines) is 1. The number of ether oxygens (including phenoxy) is 1. The number of hydrogen-bond donors (Lipinski definition) is 1. The lowest BCUT2D eigenvalue weighted by atomic mass is 9.88. The Hall–Kier alpha value is -2.24. The summed E-state index contributed by atoms with van der Waals surface area (Å²) < 4.78 is 5.62. The first-order valence-electron chi connectivity index (χ1n) is 11.8. The molecular weight excluding hydrogens is 384 g/mol. The van der Waals surface area contributed by atoms with E-state index in [1.165, 1.54) is 37.3 Å². The summed E-state index contributed by atoms with van der Waals surface area (Å²) in [6.07, 6.45) is 13.9. The molecule has 1 aromatic carbocycles. The van der Waals surface area contributed by atoms with Gasteiger partial charge in [-0.1, -0.05) is 12.1 Å². The van der Waals surface area contributed by atoms with E-state index in [1.54, 1.807) is 5.57 Å². The van der Waals surface area contributed by atoms with E-state index in [4.69, 9.17) is 4.74 Å². The Morgan fingerprint density at radius 2 is 1.90 bits per heavy atom. The van der Waals surface area contributed by atoms with Crippen LogP contribution in [0.15, 0.2) is 60.0 Å². The van der Waals surface area contributed by atoms with Crippen LogP contribution in [-0.4, -0.2) is 69.8 Å². The fraction of sp³-hybridized carbons (Fsp3) is 0.538. The van der Waals surface area contributed by atoms with Crippen LogP contribution >= 0.6 is 0 Å². The first kappa shape index (κ1) is 22.0. The number of rotatable bonds is 4. The van der Waals surface area contributed by atoms with Gasteiger partial charge in [-0.3, -0.25) is 0 Å². The molecule has 2 fully saturated rings. The minimum absolute atomic E-state index is 0.715. The smallest absolute Gasteiger partial charge is 0.0641 e. The summed E-state index contributed by atoms with van der Waals surface area (Å²) in [5.74, 6) is 0.715. The van der Waals surface area contributed by atoms with Crippen molar-refractivity contribution in [3.8, 4) is 0 Å². The van der Waals surface area contributed by atoms with E-state index in [2.05, 4.69) is 82.8 Å². The molecule has 0 amide bonds. The lowest BCUT2D eigenvalue weighted by molar-refractivity contribution is 0.152. The Bertz CT molecular complexity index is 799. The zero-order valence-electron chi connectivity index (χ0n) is 19.2. The third-order valence-electron chi connectivity index (χ3n) is 6.60. The van der Waals surface area contributed by atoms with Crippen molar-refractivity contribution in [3.05, 3.63) is 60.0 Å². The molecule has 168 valence electrons. The average Bonchev–Trinajstić information content (AvgIpc) is 3.02. The Labute approximate surface area is 188 Å². The zero-order chi connectivity index (χ0) is 21.5. The molecule has 3 heterocycles. The van der Waals surface area contributed by atoms with Crippen molar-refractivity contribution in [2.45, 2.75) is 25.7 Å². The molecule has 0 aromatic heterocycles. The summed E-state index contributed by atoms with van der Waals surface area (Å²) in [6.45, 7) is 7.02. The van der Waals surface area contributed by atoms with Gasteiger partial charge in [-0.2, -0.15) is 0 Å². The number of nitrogens with zero attached hydrogens (tertiary/aromatic N) is 3. The van der Waals surface area contributed by atoms with Gasteiger partial charge in [-0.25, -0.2) is 0 Å². The van der Waals surface area contributed by atoms with E-state index < -0.39 is 0 Å². The van der Waals surface area contributed by atoms with E-state index in [-0.39, 0.29) is 0 Å². The number of benzene rings is 1. The van der Waals surface area contributed by atoms with E-state index in [0.29, 0.717) is 5.92 Å². The van der Waals surface area contributed by atoms with Gasteiger partial charge in [-0.15, -0.1) is 0 Å². The minimum atomic E-state index is 0.715. The van der Waals surface area contributed by atoms with Crippen molar-refractivity contribution >= 4 is 11.4 Å². The van der Waals surface area contributed by atoms with Crippen molar-refractivity contribution < 1.29 is 4.74 Å². The summed E-state index contributed by atoms with van der Waals surface area (Å²) in [5.41, 5.74) is 5.16. The molecule has 1 aromatic rings. The number of likely N-dealkylation sites (N-methyl/N-ethyl adjacent to an activating group) is 1. The Kier molecular flexibility index (Phi) is 7.71. The molecule has 0 saturated carbocycles. The summed E-state index contributed by atoms with van der Waals surface area (Å²) in [5, 5.41) is 3.65. The Balaban J connectivity index is 1.41. The minimum Gasteiger partial charge on any atom is -0.380 e. The fourth-order valence-electron chi connectivity index (χ4n) is 4.72. The second kappa shape index (κ2) is 10.9. The maximum atomic E-state index is 5.62. The number of allylic oxidation sites excluding steroid dienone is 3. The molecule has 0 bridgehead atoms. The Morgan fingerprint density at radius 3 is 2.77 bits per heavy atom. The molecule has 0 aliphatic carbocycles. The molecule has 5 nitrogen and oxygen atoms in total. The molecule has 2 saturated heterocycles. The predicted octanol–water partition coefficient (Wildman–Crippen LogP) is 4.33. The van der Waals surface area contributed by atoms with Crippen LogP contribution in [0.25, 0.3) is 0 Å². The molecule has 3 aliphatic rings. The molecule has 0 spiro atoms. The predicted molar refractivity (Wildman–Crippen MR) is 130 cm³/mol. The van der Waals surface area contributed by atoms with Crippen LogP contribution < -0.4 is 10.2 Å².